The highest BCUT2D eigenvalue weighted by molar-refractivity contribution is 6.06. The fourth-order valence-corrected chi connectivity index (χ4v) is 5.22. The number of allylic oxidation sites excluding steroid dienone is 2. The van der Waals surface area contributed by atoms with E-state index in [0.717, 1.165) is 36.0 Å². The summed E-state index contributed by atoms with van der Waals surface area (Å²) in [5.41, 5.74) is 1.24. The molecule has 138 valence electrons. The van der Waals surface area contributed by atoms with Crippen LogP contribution < -0.4 is 10.4 Å². The molecule has 0 aromatic heterocycles. The van der Waals surface area contributed by atoms with Crippen molar-refractivity contribution in [2.45, 2.75) is 12.8 Å². The van der Waals surface area contributed by atoms with E-state index >= 15 is 0 Å². The predicted octanol–water partition coefficient (Wildman–Crippen LogP) is 1.71. The van der Waals surface area contributed by atoms with Crippen molar-refractivity contribution in [3.05, 3.63) is 50.6 Å². The molecule has 1 heterocycles. The van der Waals surface area contributed by atoms with Crippen molar-refractivity contribution in [2.24, 2.45) is 29.1 Å². The summed E-state index contributed by atoms with van der Waals surface area (Å²) in [6, 6.07) is 3.01. The molecule has 5 rings (SSSR count). The number of nitrogens with one attached hydrogen (secondary N) is 1. The Hall–Kier alpha value is -3.30. The molecule has 27 heavy (non-hydrogen) atoms. The van der Waals surface area contributed by atoms with Crippen molar-refractivity contribution >= 4 is 28.9 Å². The minimum absolute atomic E-state index is 0.0141. The molecular formula is C17H14N4O6. The lowest BCUT2D eigenvalue weighted by atomic mass is 9.80. The fraction of sp³-hybridized carbons (Fsp3) is 0.412. The summed E-state index contributed by atoms with van der Waals surface area (Å²) in [7, 11) is 0. The quantitative estimate of drug-likeness (QED) is 0.489. The summed E-state index contributed by atoms with van der Waals surface area (Å²) >= 11 is 0. The number of nitro benzene ring substituents is 2. The molecule has 4 atom stereocenters. The van der Waals surface area contributed by atoms with Crippen LogP contribution >= 0.6 is 0 Å². The fourth-order valence-electron chi connectivity index (χ4n) is 5.22. The third-order valence-electron chi connectivity index (χ3n) is 6.48. The van der Waals surface area contributed by atoms with Crippen LogP contribution in [0.25, 0.3) is 0 Å². The average Bonchev–Trinajstić information content (AvgIpc) is 3.30. The molecule has 1 N–H and O–H groups in total. The smallest absolute Gasteiger partial charge is 0.273 e. The Bertz CT molecular complexity index is 968. The Morgan fingerprint density at radius 1 is 1.04 bits per heavy atom. The van der Waals surface area contributed by atoms with Gasteiger partial charge < -0.3 is 0 Å². The normalized spacial score (nSPS) is 31.8. The number of rotatable bonds is 3. The molecule has 2 bridgehead atoms. The third kappa shape index (κ3) is 1.89. The number of fused-ring (bicyclic) bond motifs is 3. The second-order valence-corrected chi connectivity index (χ2v) is 7.56. The number of nitrogens with zero attached hydrogens (tertiary/aromatic N) is 3. The van der Waals surface area contributed by atoms with Crippen molar-refractivity contribution in [3.8, 4) is 0 Å². The van der Waals surface area contributed by atoms with Crippen LogP contribution in [0.1, 0.15) is 12.8 Å². The van der Waals surface area contributed by atoms with Gasteiger partial charge in [-0.1, -0.05) is 12.2 Å². The number of carbonyl (C=O) groups excluding carboxylic acids is 2. The zero-order valence-corrected chi connectivity index (χ0v) is 13.9. The standard InChI is InChI=1S/C17H14N4O6/c22-15-13-9-2-3-10(17(9)5-6-17)14(13)16(23)19(18-15)11-4-1-8(20(24)25)7-12(11)21(26)27/h1-4,7,9-10,13-14H,5-6H2,(H,18,22)/t9-,10+,13-,14+/m0/s1. The van der Waals surface area contributed by atoms with E-state index in [9.17, 15) is 29.8 Å². The van der Waals surface area contributed by atoms with E-state index in [1.54, 1.807) is 0 Å². The highest BCUT2D eigenvalue weighted by Gasteiger charge is 2.71. The highest BCUT2D eigenvalue weighted by Crippen LogP contribution is 2.72. The first-order valence-electron chi connectivity index (χ1n) is 8.61. The Balaban J connectivity index is 1.57. The molecule has 1 spiro atoms. The van der Waals surface area contributed by atoms with Gasteiger partial charge in [-0.3, -0.25) is 35.2 Å². The minimum Gasteiger partial charge on any atom is -0.273 e. The van der Waals surface area contributed by atoms with E-state index in [1.165, 1.54) is 0 Å². The van der Waals surface area contributed by atoms with Crippen LogP contribution in [0.15, 0.2) is 30.4 Å². The molecule has 0 radical (unpaired) electrons. The van der Waals surface area contributed by atoms with Crippen molar-refractivity contribution in [3.63, 3.8) is 0 Å². The maximum Gasteiger partial charge on any atom is 0.301 e. The molecule has 4 aliphatic rings. The maximum atomic E-state index is 13.2. The molecule has 0 unspecified atom stereocenters. The summed E-state index contributed by atoms with van der Waals surface area (Å²) < 4.78 is 0. The van der Waals surface area contributed by atoms with Gasteiger partial charge in [-0.05, 0) is 36.2 Å². The lowest BCUT2D eigenvalue weighted by molar-refractivity contribution is -0.393. The van der Waals surface area contributed by atoms with Gasteiger partial charge in [0.15, 0.2) is 0 Å². The molecule has 3 fully saturated rings. The number of nitro groups is 2. The van der Waals surface area contributed by atoms with Crippen LogP contribution in [0.2, 0.25) is 0 Å². The van der Waals surface area contributed by atoms with Gasteiger partial charge in [-0.2, -0.15) is 0 Å². The number of benzene rings is 1. The van der Waals surface area contributed by atoms with E-state index in [1.807, 2.05) is 12.2 Å². The highest BCUT2D eigenvalue weighted by atomic mass is 16.6. The maximum absolute atomic E-state index is 13.2. The summed E-state index contributed by atoms with van der Waals surface area (Å²) in [5.74, 6) is -1.75. The molecule has 1 aromatic rings. The molecular weight excluding hydrogens is 356 g/mol. The van der Waals surface area contributed by atoms with Crippen LogP contribution in [0.4, 0.5) is 17.1 Å². The monoisotopic (exact) mass is 370 g/mol. The second-order valence-electron chi connectivity index (χ2n) is 7.56. The second kappa shape index (κ2) is 4.90. The Morgan fingerprint density at radius 2 is 1.70 bits per heavy atom. The molecule has 1 aromatic carbocycles. The number of hydrogen-bond acceptors (Lipinski definition) is 6. The van der Waals surface area contributed by atoms with Crippen LogP contribution in [-0.2, 0) is 9.59 Å². The Morgan fingerprint density at radius 3 is 2.30 bits per heavy atom. The topological polar surface area (TPSA) is 136 Å². The van der Waals surface area contributed by atoms with E-state index in [2.05, 4.69) is 5.43 Å². The zero-order chi connectivity index (χ0) is 19.1. The lowest BCUT2D eigenvalue weighted by Crippen LogP contribution is -2.60. The molecule has 1 aliphatic heterocycles. The van der Waals surface area contributed by atoms with Gasteiger partial charge in [0.05, 0.1) is 27.7 Å². The van der Waals surface area contributed by atoms with Gasteiger partial charge in [0, 0.05) is 6.07 Å². The van der Waals surface area contributed by atoms with Gasteiger partial charge in [-0.15, -0.1) is 0 Å². The summed E-state index contributed by atoms with van der Waals surface area (Å²) in [5, 5.41) is 23.2. The van der Waals surface area contributed by atoms with Gasteiger partial charge in [0.1, 0.15) is 5.69 Å². The van der Waals surface area contributed by atoms with Crippen LogP contribution in [-0.4, -0.2) is 21.7 Å². The Kier molecular flexibility index (Phi) is 2.89. The van der Waals surface area contributed by atoms with E-state index in [-0.39, 0.29) is 28.8 Å². The molecule has 1 saturated heterocycles. The van der Waals surface area contributed by atoms with Crippen molar-refractivity contribution in [1.29, 1.82) is 0 Å². The number of hydrogen-bond donors (Lipinski definition) is 1. The van der Waals surface area contributed by atoms with Gasteiger partial charge in [0.2, 0.25) is 5.91 Å². The summed E-state index contributed by atoms with van der Waals surface area (Å²) in [6.07, 6.45) is 5.97. The number of non-ortho nitro benzene ring substituents is 1. The first kappa shape index (κ1) is 15.9. The predicted molar refractivity (Wildman–Crippen MR) is 90.1 cm³/mol. The third-order valence-corrected chi connectivity index (χ3v) is 6.48. The van der Waals surface area contributed by atoms with Gasteiger partial charge >= 0.3 is 5.69 Å². The Labute approximate surface area is 152 Å². The van der Waals surface area contributed by atoms with Crippen molar-refractivity contribution in [1.82, 2.24) is 5.43 Å². The molecule has 10 heteroatoms. The average molecular weight is 370 g/mol. The first-order chi connectivity index (χ1) is 12.8. The van der Waals surface area contributed by atoms with E-state index in [4.69, 9.17) is 0 Å². The molecule has 3 aliphatic carbocycles. The van der Waals surface area contributed by atoms with E-state index < -0.39 is 39.0 Å². The summed E-state index contributed by atoms with van der Waals surface area (Å²) in [6.45, 7) is 0. The number of hydrazine groups is 1. The molecule has 10 nitrogen and oxygen atoms in total. The zero-order valence-electron chi connectivity index (χ0n) is 13.9. The minimum atomic E-state index is -0.795. The van der Waals surface area contributed by atoms with Crippen LogP contribution in [0, 0.1) is 49.3 Å². The number of anilines is 1. The van der Waals surface area contributed by atoms with Gasteiger partial charge in [0.25, 0.3) is 11.6 Å². The molecule has 2 amide bonds. The SMILES string of the molecule is O=C1NN(c2ccc([N+](=O)[O-])cc2[N+](=O)[O-])C(=O)[C@H]2[C@@H]1[C@@H]1C=C[C@H]2C12CC2. The van der Waals surface area contributed by atoms with Crippen LogP contribution in [0.5, 0.6) is 0 Å². The van der Waals surface area contributed by atoms with Crippen LogP contribution in [0.3, 0.4) is 0 Å². The van der Waals surface area contributed by atoms with Crippen molar-refractivity contribution < 1.29 is 19.4 Å². The summed E-state index contributed by atoms with van der Waals surface area (Å²) in [4.78, 5) is 46.7. The lowest BCUT2D eigenvalue weighted by Gasteiger charge is -2.37. The number of carbonyl (C=O) groups is 2. The van der Waals surface area contributed by atoms with E-state index in [0.29, 0.717) is 0 Å². The van der Waals surface area contributed by atoms with Gasteiger partial charge in [-0.25, -0.2) is 5.01 Å². The number of amides is 2. The first-order valence-corrected chi connectivity index (χ1v) is 8.61. The van der Waals surface area contributed by atoms with Crippen molar-refractivity contribution in [2.75, 3.05) is 5.01 Å². The molecule has 2 saturated carbocycles. The largest absolute Gasteiger partial charge is 0.301 e.